The Morgan fingerprint density at radius 3 is 2.04 bits per heavy atom. The molecule has 4 aromatic carbocycles. The van der Waals surface area contributed by atoms with E-state index in [1.54, 1.807) is 17.1 Å². The van der Waals surface area contributed by atoms with Crippen LogP contribution in [0.15, 0.2) is 135 Å². The van der Waals surface area contributed by atoms with Gasteiger partial charge < -0.3 is 24.8 Å². The molecule has 8 heteroatoms. The summed E-state index contributed by atoms with van der Waals surface area (Å²) in [5.74, 6) is -1.31. The van der Waals surface area contributed by atoms with Crippen LogP contribution >= 0.6 is 0 Å². The van der Waals surface area contributed by atoms with Crippen molar-refractivity contribution in [2.24, 2.45) is 11.8 Å². The van der Waals surface area contributed by atoms with Crippen LogP contribution in [0.1, 0.15) is 47.1 Å². The molecule has 0 fully saturated rings. The lowest BCUT2D eigenvalue weighted by atomic mass is 9.92. The first-order valence-corrected chi connectivity index (χ1v) is 18.3. The molecule has 4 atom stereocenters. The molecule has 4 aromatic rings. The molecule has 0 aliphatic carbocycles. The zero-order valence-electron chi connectivity index (χ0n) is 30.3. The predicted octanol–water partition coefficient (Wildman–Crippen LogP) is 6.80. The number of aliphatic hydroxyl groups is 1. The van der Waals surface area contributed by atoms with Crippen molar-refractivity contribution in [1.82, 2.24) is 10.2 Å². The summed E-state index contributed by atoms with van der Waals surface area (Å²) in [5.41, 5.74) is 5.15. The molecule has 0 saturated heterocycles. The largest absolute Gasteiger partial charge is 0.489 e. The van der Waals surface area contributed by atoms with Crippen LogP contribution in [0.3, 0.4) is 0 Å². The highest BCUT2D eigenvalue weighted by molar-refractivity contribution is 5.86. The van der Waals surface area contributed by atoms with Crippen LogP contribution < -0.4 is 10.1 Å². The lowest BCUT2D eigenvalue weighted by molar-refractivity contribution is -0.149. The first kappa shape index (κ1) is 38.8. The van der Waals surface area contributed by atoms with Gasteiger partial charge in [0.25, 0.3) is 0 Å². The van der Waals surface area contributed by atoms with Crippen molar-refractivity contribution in [1.29, 1.82) is 0 Å². The Kier molecular flexibility index (Phi) is 14.6. The van der Waals surface area contributed by atoms with Crippen LogP contribution in [0, 0.1) is 11.8 Å². The fourth-order valence-electron chi connectivity index (χ4n) is 6.74. The number of allylic oxidation sites excluding steroid dienone is 2. The number of benzene rings is 4. The molecule has 0 radical (unpaired) electrons. The fourth-order valence-corrected chi connectivity index (χ4v) is 6.74. The minimum Gasteiger partial charge on any atom is -0.489 e. The van der Waals surface area contributed by atoms with Crippen LogP contribution in [-0.2, 0) is 51.5 Å². The molecule has 0 saturated carbocycles. The van der Waals surface area contributed by atoms with Crippen LogP contribution in [0.5, 0.6) is 5.75 Å². The van der Waals surface area contributed by atoms with E-state index in [9.17, 15) is 19.5 Å². The molecule has 8 nitrogen and oxygen atoms in total. The third-order valence-electron chi connectivity index (χ3n) is 9.67. The molecule has 53 heavy (non-hydrogen) atoms. The normalized spacial score (nSPS) is 15.3. The van der Waals surface area contributed by atoms with Gasteiger partial charge in [-0.1, -0.05) is 109 Å². The number of ether oxygens (including phenoxy) is 2. The van der Waals surface area contributed by atoms with E-state index in [2.05, 4.69) is 18.5 Å². The molecule has 0 bridgehead atoms. The number of carbonyl (C=O) groups is 3. The Morgan fingerprint density at radius 1 is 0.774 bits per heavy atom. The summed E-state index contributed by atoms with van der Waals surface area (Å²) < 4.78 is 11.9. The highest BCUT2D eigenvalue weighted by Gasteiger charge is 2.32. The van der Waals surface area contributed by atoms with Crippen LogP contribution in [0.2, 0.25) is 0 Å². The van der Waals surface area contributed by atoms with Crippen molar-refractivity contribution < 1.29 is 29.0 Å². The number of nitrogens with one attached hydrogen (secondary N) is 1. The smallest absolute Gasteiger partial charge is 0.309 e. The van der Waals surface area contributed by atoms with E-state index in [0.29, 0.717) is 44.6 Å². The number of carbonyl (C=O) groups excluding carboxylic acids is 3. The molecule has 276 valence electrons. The summed E-state index contributed by atoms with van der Waals surface area (Å²) in [6.07, 6.45) is 5.48. The number of esters is 1. The molecule has 1 aliphatic rings. The van der Waals surface area contributed by atoms with Crippen molar-refractivity contribution in [2.75, 3.05) is 13.2 Å². The third-order valence-corrected chi connectivity index (χ3v) is 9.67. The van der Waals surface area contributed by atoms with E-state index in [-0.39, 0.29) is 49.9 Å². The lowest BCUT2D eigenvalue weighted by Gasteiger charge is -2.36. The minimum atomic E-state index is -0.699. The van der Waals surface area contributed by atoms with Crippen molar-refractivity contribution in [3.05, 3.63) is 162 Å². The average Bonchev–Trinajstić information content (AvgIpc) is 3.19. The van der Waals surface area contributed by atoms with Gasteiger partial charge in [-0.3, -0.25) is 14.4 Å². The van der Waals surface area contributed by atoms with Gasteiger partial charge >= 0.3 is 5.97 Å². The fraction of sp³-hybridized carbons (Fsp3) is 0.311. The Bertz CT molecular complexity index is 1790. The van der Waals surface area contributed by atoms with Crippen LogP contribution in [0.25, 0.3) is 0 Å². The van der Waals surface area contributed by atoms with Crippen molar-refractivity contribution in [2.45, 2.75) is 63.8 Å². The number of rotatable bonds is 19. The van der Waals surface area contributed by atoms with Gasteiger partial charge in [-0.25, -0.2) is 0 Å². The second kappa shape index (κ2) is 20.0. The van der Waals surface area contributed by atoms with Crippen LogP contribution in [0.4, 0.5) is 0 Å². The predicted molar refractivity (Wildman–Crippen MR) is 207 cm³/mol. The zero-order chi connectivity index (χ0) is 37.4. The molecular weight excluding hydrogens is 665 g/mol. The minimum absolute atomic E-state index is 0.0467. The lowest BCUT2D eigenvalue weighted by Crippen LogP contribution is -2.48. The maximum absolute atomic E-state index is 13.9. The van der Waals surface area contributed by atoms with E-state index in [0.717, 1.165) is 27.8 Å². The van der Waals surface area contributed by atoms with E-state index >= 15 is 0 Å². The van der Waals surface area contributed by atoms with E-state index in [1.807, 2.05) is 109 Å². The standard InChI is InChI=1S/C45H50N2O6/c1-3-13-37(28-43(49)47-29-39-20-12-11-19-36(39)27-41(47)30-48)44(50)46-40(32-53-45(51)38(14-4-2)25-33-15-7-5-8-16-33)26-34-21-23-42(24-22-34)52-31-35-17-9-6-10-18-35/h3-12,15-24,37-38,40-41,48H,1-2,13-14,25-32H2,(H,46,50)/t37-,38-,40+,41+/m1/s1. The van der Waals surface area contributed by atoms with Crippen LogP contribution in [-0.4, -0.2) is 53.1 Å². The van der Waals surface area contributed by atoms with Gasteiger partial charge in [0.15, 0.2) is 0 Å². The Hall–Kier alpha value is -5.47. The molecular formula is C45H50N2O6. The molecule has 2 N–H and O–H groups in total. The van der Waals surface area contributed by atoms with E-state index in [1.165, 1.54) is 0 Å². The quantitative estimate of drug-likeness (QED) is 0.0819. The van der Waals surface area contributed by atoms with Crippen molar-refractivity contribution >= 4 is 17.8 Å². The third kappa shape index (κ3) is 11.5. The maximum Gasteiger partial charge on any atom is 0.309 e. The Morgan fingerprint density at radius 2 is 1.38 bits per heavy atom. The molecule has 5 rings (SSSR count). The van der Waals surface area contributed by atoms with Gasteiger partial charge in [0.1, 0.15) is 19.0 Å². The van der Waals surface area contributed by atoms with E-state index in [4.69, 9.17) is 9.47 Å². The summed E-state index contributed by atoms with van der Waals surface area (Å²) in [7, 11) is 0. The Labute approximate surface area is 313 Å². The first-order valence-electron chi connectivity index (χ1n) is 18.3. The average molecular weight is 715 g/mol. The SMILES string of the molecule is C=CC[C@H](CC(=O)N1Cc2ccccc2C[C@H]1CO)C(=O)N[C@H](COC(=O)[C@H](CC=C)Cc1ccccc1)Cc1ccc(OCc2ccccc2)cc1. The number of aliphatic hydroxyl groups excluding tert-OH is 1. The first-order chi connectivity index (χ1) is 25.9. The summed E-state index contributed by atoms with van der Waals surface area (Å²) in [4.78, 5) is 42.8. The second-order valence-electron chi connectivity index (χ2n) is 13.6. The monoisotopic (exact) mass is 714 g/mol. The van der Waals surface area contributed by atoms with Crippen molar-refractivity contribution in [3.63, 3.8) is 0 Å². The topological polar surface area (TPSA) is 105 Å². The van der Waals surface area contributed by atoms with Gasteiger partial charge in [-0.15, -0.1) is 13.2 Å². The number of nitrogens with zero attached hydrogens (tertiary/aromatic N) is 1. The number of fused-ring (bicyclic) bond motifs is 1. The van der Waals surface area contributed by atoms with Gasteiger partial charge in [0.05, 0.1) is 30.5 Å². The van der Waals surface area contributed by atoms with E-state index < -0.39 is 17.9 Å². The second-order valence-corrected chi connectivity index (χ2v) is 13.6. The molecule has 2 amide bonds. The number of amides is 2. The molecule has 0 spiro atoms. The number of hydrogen-bond acceptors (Lipinski definition) is 6. The maximum atomic E-state index is 13.9. The number of hydrogen-bond donors (Lipinski definition) is 2. The highest BCUT2D eigenvalue weighted by Crippen LogP contribution is 2.26. The molecule has 1 aliphatic heterocycles. The zero-order valence-corrected chi connectivity index (χ0v) is 30.3. The Balaban J connectivity index is 1.28. The van der Waals surface area contributed by atoms with Gasteiger partial charge in [0, 0.05) is 13.0 Å². The summed E-state index contributed by atoms with van der Waals surface area (Å²) in [6.45, 7) is 8.29. The van der Waals surface area contributed by atoms with Gasteiger partial charge in [0.2, 0.25) is 11.8 Å². The summed E-state index contributed by atoms with van der Waals surface area (Å²) in [6, 6.07) is 34.3. The summed E-state index contributed by atoms with van der Waals surface area (Å²) >= 11 is 0. The van der Waals surface area contributed by atoms with Gasteiger partial charge in [-0.2, -0.15) is 0 Å². The molecule has 1 heterocycles. The summed E-state index contributed by atoms with van der Waals surface area (Å²) in [5, 5.41) is 13.3. The highest BCUT2D eigenvalue weighted by atomic mass is 16.5. The van der Waals surface area contributed by atoms with Gasteiger partial charge in [-0.05, 0) is 72.1 Å². The van der Waals surface area contributed by atoms with Crippen molar-refractivity contribution in [3.8, 4) is 5.75 Å². The molecule has 0 aromatic heterocycles. The molecule has 0 unspecified atom stereocenters.